The Bertz CT molecular complexity index is 1240. The number of carbonyl (C=O) groups excluding carboxylic acids is 1. The van der Waals surface area contributed by atoms with E-state index >= 15 is 0 Å². The molecule has 0 amide bonds. The van der Waals surface area contributed by atoms with Crippen LogP contribution in [-0.2, 0) is 6.54 Å². The zero-order chi connectivity index (χ0) is 20.9. The van der Waals surface area contributed by atoms with Gasteiger partial charge in [0.1, 0.15) is 5.75 Å². The second-order valence-electron chi connectivity index (χ2n) is 6.73. The minimum absolute atomic E-state index is 0.000921. The van der Waals surface area contributed by atoms with E-state index in [1.807, 2.05) is 60.7 Å². The summed E-state index contributed by atoms with van der Waals surface area (Å²) in [4.78, 5) is 30.4. The van der Waals surface area contributed by atoms with E-state index in [0.29, 0.717) is 28.2 Å². The van der Waals surface area contributed by atoms with Gasteiger partial charge in [0, 0.05) is 5.56 Å². The first kappa shape index (κ1) is 19.9. The summed E-state index contributed by atoms with van der Waals surface area (Å²) in [6.07, 6.45) is 0. The van der Waals surface area contributed by atoms with Crippen molar-refractivity contribution in [2.45, 2.75) is 11.7 Å². The topological polar surface area (TPSA) is 61.2 Å². The van der Waals surface area contributed by atoms with Crippen LogP contribution in [0.25, 0.3) is 10.9 Å². The Morgan fingerprint density at radius 1 is 0.967 bits per heavy atom. The smallest absolute Gasteiger partial charge is 0.262 e. The predicted molar refractivity (Wildman–Crippen MR) is 120 cm³/mol. The number of methoxy groups -OCH3 is 1. The number of ketones is 1. The zero-order valence-corrected chi connectivity index (χ0v) is 17.3. The lowest BCUT2D eigenvalue weighted by atomic mass is 10.2. The van der Waals surface area contributed by atoms with Gasteiger partial charge in [-0.3, -0.25) is 14.2 Å². The first-order valence-electron chi connectivity index (χ1n) is 9.49. The molecule has 0 radical (unpaired) electrons. The van der Waals surface area contributed by atoms with Crippen molar-refractivity contribution < 1.29 is 9.53 Å². The van der Waals surface area contributed by atoms with E-state index in [4.69, 9.17) is 4.74 Å². The number of para-hydroxylation sites is 1. The van der Waals surface area contributed by atoms with Gasteiger partial charge < -0.3 is 4.74 Å². The predicted octanol–water partition coefficient (Wildman–Crippen LogP) is 4.43. The summed E-state index contributed by atoms with van der Waals surface area (Å²) in [5.41, 5.74) is 2.11. The van der Waals surface area contributed by atoms with Crippen molar-refractivity contribution in [1.82, 2.24) is 9.55 Å². The number of ether oxygens (including phenoxy) is 1. The Morgan fingerprint density at radius 3 is 2.40 bits per heavy atom. The van der Waals surface area contributed by atoms with E-state index < -0.39 is 0 Å². The Labute approximate surface area is 178 Å². The van der Waals surface area contributed by atoms with Gasteiger partial charge in [0.05, 0.1) is 30.3 Å². The van der Waals surface area contributed by atoms with Crippen molar-refractivity contribution in [2.24, 2.45) is 0 Å². The molecule has 4 rings (SSSR count). The van der Waals surface area contributed by atoms with Crippen molar-refractivity contribution in [3.8, 4) is 5.75 Å². The number of rotatable bonds is 7. The van der Waals surface area contributed by atoms with Gasteiger partial charge in [-0.15, -0.1) is 0 Å². The normalized spacial score (nSPS) is 10.8. The Morgan fingerprint density at radius 2 is 1.67 bits per heavy atom. The van der Waals surface area contributed by atoms with Crippen LogP contribution in [0.1, 0.15) is 15.9 Å². The lowest BCUT2D eigenvalue weighted by molar-refractivity contribution is 0.102. The van der Waals surface area contributed by atoms with Crippen molar-refractivity contribution in [1.29, 1.82) is 0 Å². The van der Waals surface area contributed by atoms with Gasteiger partial charge in [-0.2, -0.15) is 0 Å². The third kappa shape index (κ3) is 4.28. The number of aromatic nitrogens is 2. The standard InChI is InChI=1S/C24H20N2O3S/c1-29-19-13-11-17(12-14-19)15-26-23(28)20-9-5-6-10-21(20)25-24(26)30-16-22(27)18-7-3-2-4-8-18/h2-14H,15-16H2,1H3. The number of Topliss-reactive ketones (excluding diaryl/α,β-unsaturated/α-hetero) is 1. The summed E-state index contributed by atoms with van der Waals surface area (Å²) in [6, 6.07) is 24.0. The van der Waals surface area contributed by atoms with Crippen LogP contribution >= 0.6 is 11.8 Å². The summed E-state index contributed by atoms with van der Waals surface area (Å²) < 4.78 is 6.84. The highest BCUT2D eigenvalue weighted by atomic mass is 32.2. The average molecular weight is 417 g/mol. The molecule has 1 heterocycles. The van der Waals surface area contributed by atoms with E-state index in [1.165, 1.54) is 11.8 Å². The highest BCUT2D eigenvalue weighted by molar-refractivity contribution is 7.99. The first-order valence-corrected chi connectivity index (χ1v) is 10.5. The van der Waals surface area contributed by atoms with Crippen molar-refractivity contribution in [3.63, 3.8) is 0 Å². The average Bonchev–Trinajstić information content (AvgIpc) is 2.80. The van der Waals surface area contributed by atoms with Gasteiger partial charge in [0.25, 0.3) is 5.56 Å². The lowest BCUT2D eigenvalue weighted by Crippen LogP contribution is -2.24. The molecule has 0 aliphatic heterocycles. The van der Waals surface area contributed by atoms with Crippen LogP contribution in [-0.4, -0.2) is 28.2 Å². The Balaban J connectivity index is 1.68. The molecule has 0 aliphatic rings. The fourth-order valence-electron chi connectivity index (χ4n) is 3.15. The van der Waals surface area contributed by atoms with Crippen LogP contribution in [0.15, 0.2) is 88.8 Å². The molecule has 30 heavy (non-hydrogen) atoms. The van der Waals surface area contributed by atoms with Gasteiger partial charge in [-0.05, 0) is 29.8 Å². The number of benzene rings is 3. The van der Waals surface area contributed by atoms with E-state index in [-0.39, 0.29) is 17.1 Å². The van der Waals surface area contributed by atoms with Crippen molar-refractivity contribution in [2.75, 3.05) is 12.9 Å². The quantitative estimate of drug-likeness (QED) is 0.253. The van der Waals surface area contributed by atoms with Crippen LogP contribution in [0, 0.1) is 0 Å². The van der Waals surface area contributed by atoms with Crippen LogP contribution in [0.3, 0.4) is 0 Å². The minimum Gasteiger partial charge on any atom is -0.497 e. The fourth-order valence-corrected chi connectivity index (χ4v) is 4.04. The molecule has 150 valence electrons. The summed E-state index contributed by atoms with van der Waals surface area (Å²) in [7, 11) is 1.62. The molecule has 0 saturated heterocycles. The molecule has 0 saturated carbocycles. The molecular weight excluding hydrogens is 396 g/mol. The second kappa shape index (κ2) is 8.97. The summed E-state index contributed by atoms with van der Waals surface area (Å²) >= 11 is 1.28. The largest absolute Gasteiger partial charge is 0.497 e. The van der Waals surface area contributed by atoms with Crippen LogP contribution in [0.5, 0.6) is 5.75 Å². The molecule has 0 unspecified atom stereocenters. The molecule has 0 fully saturated rings. The zero-order valence-electron chi connectivity index (χ0n) is 16.4. The molecule has 3 aromatic carbocycles. The Kier molecular flexibility index (Phi) is 5.95. The van der Waals surface area contributed by atoms with Gasteiger partial charge in [-0.1, -0.05) is 66.4 Å². The SMILES string of the molecule is COc1ccc(Cn2c(SCC(=O)c3ccccc3)nc3ccccc3c2=O)cc1. The highest BCUT2D eigenvalue weighted by Crippen LogP contribution is 2.21. The molecule has 0 spiro atoms. The molecule has 6 heteroatoms. The third-order valence-corrected chi connectivity index (χ3v) is 5.73. The van der Waals surface area contributed by atoms with E-state index in [2.05, 4.69) is 4.98 Å². The molecule has 4 aromatic rings. The summed E-state index contributed by atoms with van der Waals surface area (Å²) in [5.74, 6) is 0.960. The summed E-state index contributed by atoms with van der Waals surface area (Å²) in [5, 5.41) is 1.09. The number of fused-ring (bicyclic) bond motifs is 1. The molecule has 0 atom stereocenters. The van der Waals surface area contributed by atoms with Crippen molar-refractivity contribution >= 4 is 28.4 Å². The second-order valence-corrected chi connectivity index (χ2v) is 7.67. The van der Waals surface area contributed by atoms with Gasteiger partial charge in [0.2, 0.25) is 0 Å². The Hall–Kier alpha value is -3.38. The van der Waals surface area contributed by atoms with Gasteiger partial charge in [-0.25, -0.2) is 4.98 Å². The maximum Gasteiger partial charge on any atom is 0.262 e. The molecule has 0 aliphatic carbocycles. The monoisotopic (exact) mass is 416 g/mol. The van der Waals surface area contributed by atoms with Gasteiger partial charge >= 0.3 is 0 Å². The highest BCUT2D eigenvalue weighted by Gasteiger charge is 2.14. The maximum absolute atomic E-state index is 13.2. The van der Waals surface area contributed by atoms with Crippen molar-refractivity contribution in [3.05, 3.63) is 100 Å². The number of carbonyl (C=O) groups is 1. The molecule has 0 bridgehead atoms. The maximum atomic E-state index is 13.2. The molecule has 0 N–H and O–H groups in total. The molecular formula is C24H20N2O3S. The third-order valence-electron chi connectivity index (χ3n) is 4.75. The number of hydrogen-bond donors (Lipinski definition) is 0. The van der Waals surface area contributed by atoms with Gasteiger partial charge in [0.15, 0.2) is 10.9 Å². The number of nitrogens with zero attached hydrogens (tertiary/aromatic N) is 2. The van der Waals surface area contributed by atoms with Crippen LogP contribution < -0.4 is 10.3 Å². The molecule has 5 nitrogen and oxygen atoms in total. The minimum atomic E-state index is -0.119. The lowest BCUT2D eigenvalue weighted by Gasteiger charge is -2.13. The fraction of sp³-hybridized carbons (Fsp3) is 0.125. The number of thioether (sulfide) groups is 1. The van der Waals surface area contributed by atoms with E-state index in [9.17, 15) is 9.59 Å². The van der Waals surface area contributed by atoms with E-state index in [1.54, 1.807) is 29.9 Å². The van der Waals surface area contributed by atoms with Crippen LogP contribution in [0.4, 0.5) is 0 Å². The molecule has 1 aromatic heterocycles. The van der Waals surface area contributed by atoms with Crippen LogP contribution in [0.2, 0.25) is 0 Å². The first-order chi connectivity index (χ1) is 14.7. The van der Waals surface area contributed by atoms with E-state index in [0.717, 1.165) is 11.3 Å². The summed E-state index contributed by atoms with van der Waals surface area (Å²) in [6.45, 7) is 0.364. The number of hydrogen-bond acceptors (Lipinski definition) is 5.